The Bertz CT molecular complexity index is 409. The molecule has 1 N–H and O–H groups in total. The fraction of sp³-hybridized carbons (Fsp3) is 0.636. The first kappa shape index (κ1) is 14.4. The molecule has 7 heteroatoms. The van der Waals surface area contributed by atoms with Crippen molar-refractivity contribution in [3.05, 3.63) is 17.1 Å². The molecule has 0 amide bonds. The molecule has 18 heavy (non-hydrogen) atoms. The second-order valence-electron chi connectivity index (χ2n) is 4.37. The third-order valence-electron chi connectivity index (χ3n) is 3.18. The van der Waals surface area contributed by atoms with Gasteiger partial charge in [0.2, 0.25) is 0 Å². The Kier molecular flexibility index (Phi) is 5.14. The van der Waals surface area contributed by atoms with E-state index in [4.69, 9.17) is 0 Å². The van der Waals surface area contributed by atoms with E-state index in [1.807, 2.05) is 18.0 Å². The van der Waals surface area contributed by atoms with Crippen LogP contribution in [0, 0.1) is 0 Å². The number of halogens is 1. The highest BCUT2D eigenvalue weighted by molar-refractivity contribution is 14.0. The van der Waals surface area contributed by atoms with Gasteiger partial charge in [0, 0.05) is 29.1 Å². The number of rotatable bonds is 2. The van der Waals surface area contributed by atoms with E-state index in [1.165, 1.54) is 16.4 Å². The summed E-state index contributed by atoms with van der Waals surface area (Å²) in [5.74, 6) is 3.51. The van der Waals surface area contributed by atoms with Crippen LogP contribution in [0.3, 0.4) is 0 Å². The predicted octanol–water partition coefficient (Wildman–Crippen LogP) is 2.20. The van der Waals surface area contributed by atoms with Crippen LogP contribution in [0.15, 0.2) is 17.3 Å². The number of aromatic nitrogens is 1. The first-order valence-electron chi connectivity index (χ1n) is 5.90. The average molecular weight is 396 g/mol. The Morgan fingerprint density at radius 1 is 1.56 bits per heavy atom. The smallest absolute Gasteiger partial charge is 0.194 e. The van der Waals surface area contributed by atoms with Crippen LogP contribution in [0.5, 0.6) is 0 Å². The van der Waals surface area contributed by atoms with Crippen LogP contribution in [0.25, 0.3) is 0 Å². The van der Waals surface area contributed by atoms with Crippen LogP contribution in [-0.2, 0) is 0 Å². The maximum Gasteiger partial charge on any atom is 0.194 e. The fourth-order valence-electron chi connectivity index (χ4n) is 2.21. The molecule has 3 heterocycles. The summed E-state index contributed by atoms with van der Waals surface area (Å²) >= 11 is 3.59. The number of nitrogens with zero attached hydrogens (tertiary/aromatic N) is 3. The molecule has 4 nitrogen and oxygen atoms in total. The van der Waals surface area contributed by atoms with Gasteiger partial charge < -0.3 is 10.2 Å². The van der Waals surface area contributed by atoms with Gasteiger partial charge >= 0.3 is 0 Å². The lowest BCUT2D eigenvalue weighted by molar-refractivity contribution is 0.366. The number of hydrogen-bond acceptors (Lipinski definition) is 6. The zero-order valence-corrected chi connectivity index (χ0v) is 14.2. The Morgan fingerprint density at radius 3 is 3.22 bits per heavy atom. The van der Waals surface area contributed by atoms with Crippen LogP contribution in [0.1, 0.15) is 17.8 Å². The van der Waals surface area contributed by atoms with E-state index in [9.17, 15) is 0 Å². The van der Waals surface area contributed by atoms with E-state index < -0.39 is 0 Å². The third-order valence-corrected chi connectivity index (χ3v) is 5.20. The average Bonchev–Trinajstić information content (AvgIpc) is 2.98. The van der Waals surface area contributed by atoms with Gasteiger partial charge in [-0.05, 0) is 24.5 Å². The molecule has 3 rings (SSSR count). The van der Waals surface area contributed by atoms with Crippen molar-refractivity contribution in [1.82, 2.24) is 14.6 Å². The molecule has 0 saturated carbocycles. The molecular formula is C11H17IN4S2. The van der Waals surface area contributed by atoms with E-state index in [1.54, 1.807) is 11.5 Å². The Balaban J connectivity index is 0.00000120. The molecule has 0 aliphatic carbocycles. The first-order chi connectivity index (χ1) is 8.34. The van der Waals surface area contributed by atoms with Crippen molar-refractivity contribution >= 4 is 53.2 Å². The molecule has 100 valence electrons. The van der Waals surface area contributed by atoms with Crippen LogP contribution in [0.2, 0.25) is 0 Å². The topological polar surface area (TPSA) is 40.5 Å². The molecule has 2 aliphatic heterocycles. The standard InChI is InChI=1S/C11H16N4S2.HI/c1-8(10-2-3-13-17-10)14-11-12-6-9-7-16-5-4-15(9)11;/h2-3,8-9H,4-7H2,1H3,(H,12,14);1H. The fourth-order valence-corrected chi connectivity index (χ4v) is 3.84. The molecule has 2 unspecified atom stereocenters. The SMILES string of the molecule is CC(NC1=NCC2CSCCN12)c1ccns1.I. The van der Waals surface area contributed by atoms with E-state index in [0.29, 0.717) is 12.1 Å². The highest BCUT2D eigenvalue weighted by atomic mass is 127. The van der Waals surface area contributed by atoms with Gasteiger partial charge in [-0.3, -0.25) is 4.99 Å². The van der Waals surface area contributed by atoms with Crippen LogP contribution in [0.4, 0.5) is 0 Å². The van der Waals surface area contributed by atoms with Crippen molar-refractivity contribution < 1.29 is 0 Å². The maximum absolute atomic E-state index is 4.63. The van der Waals surface area contributed by atoms with E-state index in [-0.39, 0.29) is 24.0 Å². The molecule has 1 aromatic rings. The van der Waals surface area contributed by atoms with Gasteiger partial charge in [-0.1, -0.05) is 0 Å². The minimum absolute atomic E-state index is 0. The summed E-state index contributed by atoms with van der Waals surface area (Å²) in [5.41, 5.74) is 0. The number of hydrogen-bond donors (Lipinski definition) is 1. The van der Waals surface area contributed by atoms with Gasteiger partial charge in [-0.15, -0.1) is 24.0 Å². The zero-order chi connectivity index (χ0) is 11.7. The van der Waals surface area contributed by atoms with E-state index in [2.05, 4.69) is 32.6 Å². The summed E-state index contributed by atoms with van der Waals surface area (Å²) in [6.07, 6.45) is 1.86. The molecule has 0 aromatic carbocycles. The van der Waals surface area contributed by atoms with Crippen molar-refractivity contribution in [2.75, 3.05) is 24.6 Å². The highest BCUT2D eigenvalue weighted by Crippen LogP contribution is 2.23. The molecule has 0 bridgehead atoms. The zero-order valence-electron chi connectivity index (χ0n) is 10.2. The number of aliphatic imine (C=N–C) groups is 1. The quantitative estimate of drug-likeness (QED) is 0.779. The summed E-state index contributed by atoms with van der Waals surface area (Å²) in [4.78, 5) is 8.32. The number of thioether (sulfide) groups is 1. The lowest BCUT2D eigenvalue weighted by Gasteiger charge is -2.32. The first-order valence-corrected chi connectivity index (χ1v) is 7.83. The van der Waals surface area contributed by atoms with Crippen molar-refractivity contribution in [2.45, 2.75) is 19.0 Å². The lowest BCUT2D eigenvalue weighted by atomic mass is 10.3. The second-order valence-corrected chi connectivity index (χ2v) is 6.38. The van der Waals surface area contributed by atoms with E-state index >= 15 is 0 Å². The lowest BCUT2D eigenvalue weighted by Crippen LogP contribution is -2.48. The summed E-state index contributed by atoms with van der Waals surface area (Å²) in [7, 11) is 0. The molecule has 0 radical (unpaired) electrons. The van der Waals surface area contributed by atoms with Crippen LogP contribution < -0.4 is 5.32 Å². The Morgan fingerprint density at radius 2 is 2.44 bits per heavy atom. The Labute approximate surface area is 133 Å². The molecule has 0 spiro atoms. The molecule has 1 fully saturated rings. The predicted molar refractivity (Wildman–Crippen MR) is 89.2 cm³/mol. The van der Waals surface area contributed by atoms with Crippen molar-refractivity contribution in [3.63, 3.8) is 0 Å². The van der Waals surface area contributed by atoms with Crippen molar-refractivity contribution in [2.24, 2.45) is 4.99 Å². The van der Waals surface area contributed by atoms with Gasteiger partial charge in [0.25, 0.3) is 0 Å². The minimum atomic E-state index is 0. The molecule has 1 saturated heterocycles. The Hall–Kier alpha value is -0.0200. The van der Waals surface area contributed by atoms with Crippen LogP contribution in [-0.4, -0.2) is 45.9 Å². The molecule has 2 aliphatic rings. The van der Waals surface area contributed by atoms with Gasteiger partial charge in [0.15, 0.2) is 5.96 Å². The van der Waals surface area contributed by atoms with E-state index in [0.717, 1.165) is 19.0 Å². The number of fused-ring (bicyclic) bond motifs is 1. The minimum Gasteiger partial charge on any atom is -0.349 e. The summed E-state index contributed by atoms with van der Waals surface area (Å²) in [6.45, 7) is 4.24. The normalized spacial score (nSPS) is 23.9. The summed E-state index contributed by atoms with van der Waals surface area (Å²) in [6, 6.07) is 2.99. The number of guanidine groups is 1. The van der Waals surface area contributed by atoms with Crippen molar-refractivity contribution in [1.29, 1.82) is 0 Å². The summed E-state index contributed by atoms with van der Waals surface area (Å²) in [5, 5.41) is 3.52. The van der Waals surface area contributed by atoms with Gasteiger partial charge in [-0.2, -0.15) is 11.8 Å². The molecule has 1 aromatic heterocycles. The summed E-state index contributed by atoms with van der Waals surface area (Å²) < 4.78 is 4.14. The van der Waals surface area contributed by atoms with Gasteiger partial charge in [0.1, 0.15) is 0 Å². The number of nitrogens with one attached hydrogen (secondary N) is 1. The third kappa shape index (κ3) is 2.93. The van der Waals surface area contributed by atoms with Crippen molar-refractivity contribution in [3.8, 4) is 0 Å². The molecular weight excluding hydrogens is 379 g/mol. The van der Waals surface area contributed by atoms with Crippen LogP contribution >= 0.6 is 47.3 Å². The highest BCUT2D eigenvalue weighted by Gasteiger charge is 2.30. The maximum atomic E-state index is 4.63. The monoisotopic (exact) mass is 396 g/mol. The molecule has 2 atom stereocenters. The van der Waals surface area contributed by atoms with Gasteiger partial charge in [-0.25, -0.2) is 4.37 Å². The van der Waals surface area contributed by atoms with Gasteiger partial charge in [0.05, 0.1) is 18.6 Å². The second kappa shape index (κ2) is 6.42. The largest absolute Gasteiger partial charge is 0.349 e.